The summed E-state index contributed by atoms with van der Waals surface area (Å²) >= 11 is 0. The number of allylic oxidation sites excluding steroid dienone is 1. The lowest BCUT2D eigenvalue weighted by atomic mass is 9.98. The van der Waals surface area contributed by atoms with E-state index in [9.17, 15) is 9.59 Å². The van der Waals surface area contributed by atoms with E-state index >= 15 is 0 Å². The molecule has 0 radical (unpaired) electrons. The lowest BCUT2D eigenvalue weighted by molar-refractivity contribution is 0.0152. The van der Waals surface area contributed by atoms with Gasteiger partial charge in [-0.05, 0) is 97.9 Å². The Morgan fingerprint density at radius 1 is 1.00 bits per heavy atom. The third kappa shape index (κ3) is 10.8. The smallest absolute Gasteiger partial charge is 0.410 e. The van der Waals surface area contributed by atoms with Gasteiger partial charge in [-0.15, -0.1) is 0 Å². The lowest BCUT2D eigenvalue weighted by Crippen LogP contribution is -2.42. The minimum atomic E-state index is -0.676. The summed E-state index contributed by atoms with van der Waals surface area (Å²) in [6.45, 7) is 17.4. The molecule has 0 aliphatic carbocycles. The second-order valence-corrected chi connectivity index (χ2v) is 14.4. The van der Waals surface area contributed by atoms with E-state index in [1.54, 1.807) is 11.9 Å². The van der Waals surface area contributed by atoms with Gasteiger partial charge in [-0.3, -0.25) is 4.99 Å². The fourth-order valence-electron chi connectivity index (χ4n) is 5.32. The zero-order valence-electron chi connectivity index (χ0n) is 29.6. The van der Waals surface area contributed by atoms with Gasteiger partial charge in [0.1, 0.15) is 17.0 Å². The minimum Gasteiger partial charge on any atom is -0.444 e. The molecule has 47 heavy (non-hydrogen) atoms. The first-order valence-corrected chi connectivity index (χ1v) is 16.5. The summed E-state index contributed by atoms with van der Waals surface area (Å²) in [6, 6.07) is 8.37. The highest BCUT2D eigenvalue weighted by molar-refractivity contribution is 5.87. The summed E-state index contributed by atoms with van der Waals surface area (Å²) in [5, 5.41) is 3.68. The quantitative estimate of drug-likeness (QED) is 0.312. The zero-order chi connectivity index (χ0) is 34.4. The van der Waals surface area contributed by atoms with Gasteiger partial charge in [-0.2, -0.15) is 0 Å². The standard InChI is InChI=1S/C36H52N6O5/c1-24-21-27(13-16-37-24)30-25(2)31(38-29-14-19-45-20-15-29)40-32(39-30)28-12-10-11-26(22-28)23-42(34(44)47-36(6,7)8)18-17-41(9)33(43)46-35(3,4)5/h10-13,16,22,24,29H,14-15,17-21,23H2,1-9H3,(H,38,39,40). The fourth-order valence-corrected chi connectivity index (χ4v) is 5.32. The van der Waals surface area contributed by atoms with Crippen LogP contribution >= 0.6 is 0 Å². The van der Waals surface area contributed by atoms with Crippen molar-refractivity contribution in [1.82, 2.24) is 19.8 Å². The monoisotopic (exact) mass is 648 g/mol. The van der Waals surface area contributed by atoms with Gasteiger partial charge in [-0.25, -0.2) is 19.6 Å². The van der Waals surface area contributed by atoms with Crippen molar-refractivity contribution in [3.63, 3.8) is 0 Å². The molecule has 1 aromatic heterocycles. The van der Waals surface area contributed by atoms with E-state index in [1.807, 2.05) is 78.1 Å². The molecule has 2 amide bonds. The minimum absolute atomic E-state index is 0.177. The number of likely N-dealkylation sites (N-methyl/N-ethyl adjacent to an activating group) is 1. The van der Waals surface area contributed by atoms with Gasteiger partial charge >= 0.3 is 12.2 Å². The van der Waals surface area contributed by atoms with E-state index in [-0.39, 0.29) is 31.7 Å². The molecular formula is C36H52N6O5. The van der Waals surface area contributed by atoms with Gasteiger partial charge < -0.3 is 29.3 Å². The van der Waals surface area contributed by atoms with E-state index in [2.05, 4.69) is 24.2 Å². The summed E-state index contributed by atoms with van der Waals surface area (Å²) in [7, 11) is 1.66. The van der Waals surface area contributed by atoms with Crippen LogP contribution < -0.4 is 5.32 Å². The maximum Gasteiger partial charge on any atom is 0.410 e. The maximum absolute atomic E-state index is 13.4. The first-order valence-electron chi connectivity index (χ1n) is 16.5. The Bertz CT molecular complexity index is 1470. The maximum atomic E-state index is 13.4. The molecule has 256 valence electrons. The summed E-state index contributed by atoms with van der Waals surface area (Å²) in [6.07, 6.45) is 5.63. The normalized spacial score (nSPS) is 17.1. The molecule has 2 aliphatic heterocycles. The van der Waals surface area contributed by atoms with Gasteiger partial charge in [-0.1, -0.05) is 18.2 Å². The predicted molar refractivity (Wildman–Crippen MR) is 186 cm³/mol. The van der Waals surface area contributed by atoms with Crippen molar-refractivity contribution in [2.75, 3.05) is 38.7 Å². The number of benzene rings is 1. The number of dihydropyridines is 1. The highest BCUT2D eigenvalue weighted by atomic mass is 16.6. The third-order valence-electron chi connectivity index (χ3n) is 7.76. The van der Waals surface area contributed by atoms with Gasteiger partial charge in [0.05, 0.1) is 11.7 Å². The highest BCUT2D eigenvalue weighted by Crippen LogP contribution is 2.31. The van der Waals surface area contributed by atoms with Crippen molar-refractivity contribution in [3.8, 4) is 11.4 Å². The molecule has 0 saturated carbocycles. The Labute approximate surface area is 279 Å². The van der Waals surface area contributed by atoms with Gasteiger partial charge in [0.25, 0.3) is 0 Å². The van der Waals surface area contributed by atoms with Crippen molar-refractivity contribution in [1.29, 1.82) is 0 Å². The Kier molecular flexibility index (Phi) is 11.7. The van der Waals surface area contributed by atoms with E-state index in [0.717, 1.165) is 66.3 Å². The highest BCUT2D eigenvalue weighted by Gasteiger charge is 2.26. The number of hydrogen-bond acceptors (Lipinski definition) is 9. The SMILES string of the molecule is Cc1c(NC2CCOCC2)nc(-c2cccc(CN(CCN(C)C(=O)OC(C)(C)C)C(=O)OC(C)(C)C)c2)nc1C1=CC=NC(C)C1. The molecule has 1 fully saturated rings. The van der Waals surface area contributed by atoms with Crippen molar-refractivity contribution < 1.29 is 23.8 Å². The molecule has 0 bridgehead atoms. The van der Waals surface area contributed by atoms with Crippen LogP contribution in [0.25, 0.3) is 17.0 Å². The molecule has 11 heteroatoms. The van der Waals surface area contributed by atoms with Crippen molar-refractivity contribution >= 4 is 29.8 Å². The number of ether oxygens (including phenoxy) is 3. The number of aromatic nitrogens is 2. The van der Waals surface area contributed by atoms with Crippen LogP contribution in [0.1, 0.15) is 84.5 Å². The van der Waals surface area contributed by atoms with Gasteiger partial charge in [0.15, 0.2) is 5.82 Å². The molecule has 2 aromatic rings. The van der Waals surface area contributed by atoms with E-state index < -0.39 is 23.4 Å². The fraction of sp³-hybridized carbons (Fsp3) is 0.583. The number of aliphatic imine (C=N–C) groups is 1. The van der Waals surface area contributed by atoms with Crippen molar-refractivity contribution in [2.45, 2.75) is 104 Å². The summed E-state index contributed by atoms with van der Waals surface area (Å²) in [4.78, 5) is 43.7. The number of nitrogens with zero attached hydrogens (tertiary/aromatic N) is 5. The summed E-state index contributed by atoms with van der Waals surface area (Å²) in [5.74, 6) is 1.42. The zero-order valence-corrected chi connectivity index (χ0v) is 29.6. The molecule has 1 atom stereocenters. The van der Waals surface area contributed by atoms with Crippen LogP contribution in [-0.4, -0.2) is 94.8 Å². The molecule has 4 rings (SSSR count). The molecule has 2 aliphatic rings. The van der Waals surface area contributed by atoms with Crippen LogP contribution in [0.15, 0.2) is 35.3 Å². The van der Waals surface area contributed by atoms with Crippen molar-refractivity contribution in [2.24, 2.45) is 4.99 Å². The number of anilines is 1. The molecule has 11 nitrogen and oxygen atoms in total. The molecule has 1 aromatic carbocycles. The van der Waals surface area contributed by atoms with E-state index in [0.29, 0.717) is 5.82 Å². The topological polar surface area (TPSA) is 118 Å². The number of carbonyl (C=O) groups excluding carboxylic acids is 2. The van der Waals surface area contributed by atoms with Crippen LogP contribution in [0, 0.1) is 6.92 Å². The Morgan fingerprint density at radius 2 is 1.68 bits per heavy atom. The summed E-state index contributed by atoms with van der Waals surface area (Å²) < 4.78 is 16.8. The molecular weight excluding hydrogens is 596 g/mol. The van der Waals surface area contributed by atoms with Gasteiger partial charge in [0.2, 0.25) is 0 Å². The number of carbonyl (C=O) groups is 2. The second kappa shape index (κ2) is 15.3. The first-order chi connectivity index (χ1) is 22.1. The second-order valence-electron chi connectivity index (χ2n) is 14.4. The third-order valence-corrected chi connectivity index (χ3v) is 7.76. The molecule has 3 heterocycles. The average molecular weight is 649 g/mol. The molecule has 1 N–H and O–H groups in total. The number of rotatable bonds is 9. The van der Waals surface area contributed by atoms with Crippen LogP contribution in [-0.2, 0) is 20.8 Å². The number of hydrogen-bond donors (Lipinski definition) is 1. The molecule has 1 saturated heterocycles. The lowest BCUT2D eigenvalue weighted by Gasteiger charge is -2.30. The number of nitrogens with one attached hydrogen (secondary N) is 1. The van der Waals surface area contributed by atoms with Crippen LogP contribution in [0.4, 0.5) is 15.4 Å². The van der Waals surface area contributed by atoms with Crippen LogP contribution in [0.2, 0.25) is 0 Å². The Hall–Kier alpha value is -3.99. The van der Waals surface area contributed by atoms with Crippen LogP contribution in [0.5, 0.6) is 0 Å². The van der Waals surface area contributed by atoms with Gasteiger partial charge in [0, 0.05) is 63.3 Å². The Balaban J connectivity index is 1.63. The summed E-state index contributed by atoms with van der Waals surface area (Å²) in [5.41, 5.74) is 3.48. The largest absolute Gasteiger partial charge is 0.444 e. The van der Waals surface area contributed by atoms with E-state index in [1.165, 1.54) is 4.90 Å². The van der Waals surface area contributed by atoms with Crippen LogP contribution in [0.3, 0.4) is 0 Å². The van der Waals surface area contributed by atoms with E-state index in [4.69, 9.17) is 24.2 Å². The molecule has 0 spiro atoms. The number of amides is 2. The van der Waals surface area contributed by atoms with Crippen molar-refractivity contribution in [3.05, 3.63) is 47.2 Å². The average Bonchev–Trinajstić information content (AvgIpc) is 2.99. The first kappa shape index (κ1) is 35.9. The predicted octanol–water partition coefficient (Wildman–Crippen LogP) is 6.89. The molecule has 1 unspecified atom stereocenters. The Morgan fingerprint density at radius 3 is 2.34 bits per heavy atom.